The molecule has 1 atom stereocenters. The van der Waals surface area contributed by atoms with Gasteiger partial charge in [0.25, 0.3) is 15.9 Å². The third kappa shape index (κ3) is 5.60. The molecule has 1 unspecified atom stereocenters. The minimum absolute atomic E-state index is 0. The highest BCUT2D eigenvalue weighted by molar-refractivity contribution is 7.92. The van der Waals surface area contributed by atoms with Gasteiger partial charge in [0.1, 0.15) is 11.0 Å². The van der Waals surface area contributed by atoms with Crippen LogP contribution >= 0.6 is 0 Å². The molecule has 0 aliphatic rings. The highest BCUT2D eigenvalue weighted by atomic mass is 32.2. The zero-order valence-electron chi connectivity index (χ0n) is 19.3. The Morgan fingerprint density at radius 3 is 2.31 bits per heavy atom. The summed E-state index contributed by atoms with van der Waals surface area (Å²) in [5.74, 6) is 0.0806. The summed E-state index contributed by atoms with van der Waals surface area (Å²) < 4.78 is 39.8. The van der Waals surface area contributed by atoms with Gasteiger partial charge < -0.3 is 14.9 Å². The molecule has 3 N–H and O–H groups in total. The Bertz CT molecular complexity index is 1380. The summed E-state index contributed by atoms with van der Waals surface area (Å²) in [6, 6.07) is 14.2. The van der Waals surface area contributed by atoms with Gasteiger partial charge in [0.2, 0.25) is 5.82 Å². The normalized spacial score (nSPS) is 11.9. The Morgan fingerprint density at radius 1 is 0.914 bits per heavy atom. The molecule has 0 radical (unpaired) electrons. The van der Waals surface area contributed by atoms with Crippen molar-refractivity contribution in [3.8, 4) is 17.1 Å². The van der Waals surface area contributed by atoms with Crippen molar-refractivity contribution < 1.29 is 23.4 Å². The lowest BCUT2D eigenvalue weighted by atomic mass is 10.0. The summed E-state index contributed by atoms with van der Waals surface area (Å²) in [5.41, 5.74) is 3.35. The quantitative estimate of drug-likeness (QED) is 0.392. The van der Waals surface area contributed by atoms with Crippen molar-refractivity contribution in [3.05, 3.63) is 90.1 Å². The molecule has 3 aromatic heterocycles. The summed E-state index contributed by atoms with van der Waals surface area (Å²) in [6.07, 6.45) is 6.15. The number of sulfonamides is 1. The maximum absolute atomic E-state index is 13.3. The molecule has 4 rings (SSSR count). The monoisotopic (exact) mass is 495 g/mol. The zero-order chi connectivity index (χ0) is 24.1. The Labute approximate surface area is 203 Å². The number of benzene rings is 1. The lowest BCUT2D eigenvalue weighted by Gasteiger charge is -2.17. The summed E-state index contributed by atoms with van der Waals surface area (Å²) in [7, 11) is -1.01. The van der Waals surface area contributed by atoms with Crippen molar-refractivity contribution in [2.45, 2.75) is 17.9 Å². The molecule has 10 nitrogen and oxygen atoms in total. The molecule has 0 fully saturated rings. The maximum atomic E-state index is 13.3. The second-order valence-corrected chi connectivity index (χ2v) is 9.00. The van der Waals surface area contributed by atoms with Crippen LogP contribution in [0.5, 0.6) is 5.88 Å². The van der Waals surface area contributed by atoms with Gasteiger partial charge in [-0.2, -0.15) is 0 Å². The summed E-state index contributed by atoms with van der Waals surface area (Å²) in [6.45, 7) is 1.74. The minimum Gasteiger partial charge on any atom is -0.478 e. The van der Waals surface area contributed by atoms with E-state index in [1.807, 2.05) is 36.4 Å². The van der Waals surface area contributed by atoms with Crippen LogP contribution < -0.4 is 9.46 Å². The molecule has 0 bridgehead atoms. The number of rotatable bonds is 8. The van der Waals surface area contributed by atoms with Crippen molar-refractivity contribution in [2.75, 3.05) is 18.9 Å². The van der Waals surface area contributed by atoms with E-state index in [1.165, 1.54) is 19.4 Å². The lowest BCUT2D eigenvalue weighted by Crippen LogP contribution is -2.16. The molecule has 0 saturated heterocycles. The van der Waals surface area contributed by atoms with E-state index in [0.717, 1.165) is 11.1 Å². The number of methoxy groups -OCH3 is 2. The van der Waals surface area contributed by atoms with E-state index in [2.05, 4.69) is 24.7 Å². The number of ether oxygens (including phenoxy) is 2. The third-order valence-electron chi connectivity index (χ3n) is 5.06. The highest BCUT2D eigenvalue weighted by Crippen LogP contribution is 2.31. The molecule has 0 saturated carbocycles. The Morgan fingerprint density at radius 2 is 1.66 bits per heavy atom. The SMILES string of the molecule is COc1nc(C)cnc1NS(=O)(=O)c1cccnc1-c1ccc(C(OC)c2cccnc2)cc1.O. The van der Waals surface area contributed by atoms with Crippen LogP contribution in [0.2, 0.25) is 0 Å². The number of aromatic nitrogens is 4. The first-order chi connectivity index (χ1) is 16.4. The third-order valence-corrected chi connectivity index (χ3v) is 6.43. The van der Waals surface area contributed by atoms with Gasteiger partial charge in [-0.1, -0.05) is 30.3 Å². The maximum Gasteiger partial charge on any atom is 0.265 e. The zero-order valence-corrected chi connectivity index (χ0v) is 20.2. The Balaban J connectivity index is 0.00000342. The first-order valence-electron chi connectivity index (χ1n) is 10.3. The number of anilines is 1. The van der Waals surface area contributed by atoms with Crippen LogP contribution in [0.15, 0.2) is 78.2 Å². The molecule has 1 aromatic carbocycles. The van der Waals surface area contributed by atoms with Crippen LogP contribution in [-0.4, -0.2) is 48.0 Å². The molecule has 3 heterocycles. The van der Waals surface area contributed by atoms with Crippen LogP contribution in [0, 0.1) is 6.92 Å². The largest absolute Gasteiger partial charge is 0.478 e. The van der Waals surface area contributed by atoms with E-state index in [1.54, 1.807) is 38.7 Å². The molecule has 11 heteroatoms. The number of nitrogens with one attached hydrogen (secondary N) is 1. The van der Waals surface area contributed by atoms with E-state index < -0.39 is 10.0 Å². The molecule has 0 amide bonds. The number of aryl methyl sites for hydroxylation is 1. The number of pyridine rings is 2. The van der Waals surface area contributed by atoms with Crippen molar-refractivity contribution in [3.63, 3.8) is 0 Å². The molecule has 0 aliphatic carbocycles. The second kappa shape index (κ2) is 11.0. The second-order valence-electron chi connectivity index (χ2n) is 7.35. The summed E-state index contributed by atoms with van der Waals surface area (Å²) in [4.78, 5) is 16.8. The Hall–Kier alpha value is -3.93. The van der Waals surface area contributed by atoms with Gasteiger partial charge in [-0.25, -0.2) is 18.4 Å². The van der Waals surface area contributed by atoms with Crippen LogP contribution in [0.3, 0.4) is 0 Å². The van der Waals surface area contributed by atoms with Crippen LogP contribution in [0.25, 0.3) is 11.3 Å². The van der Waals surface area contributed by atoms with Gasteiger partial charge in [-0.15, -0.1) is 0 Å². The predicted molar refractivity (Wildman–Crippen MR) is 131 cm³/mol. The fourth-order valence-corrected chi connectivity index (χ4v) is 4.67. The smallest absolute Gasteiger partial charge is 0.265 e. The summed E-state index contributed by atoms with van der Waals surface area (Å²) >= 11 is 0. The van der Waals surface area contributed by atoms with E-state index in [-0.39, 0.29) is 28.2 Å². The van der Waals surface area contributed by atoms with Gasteiger partial charge in [-0.05, 0) is 30.7 Å². The fourth-order valence-electron chi connectivity index (χ4n) is 3.49. The average molecular weight is 496 g/mol. The van der Waals surface area contributed by atoms with E-state index >= 15 is 0 Å². The minimum atomic E-state index is -4.04. The number of hydrogen-bond acceptors (Lipinski definition) is 8. The molecule has 0 aliphatic heterocycles. The molecular weight excluding hydrogens is 470 g/mol. The van der Waals surface area contributed by atoms with Gasteiger partial charge in [-0.3, -0.25) is 14.7 Å². The van der Waals surface area contributed by atoms with Gasteiger partial charge >= 0.3 is 0 Å². The Kier molecular flexibility index (Phi) is 8.07. The van der Waals surface area contributed by atoms with Crippen molar-refractivity contribution in [1.29, 1.82) is 0 Å². The van der Waals surface area contributed by atoms with E-state index in [0.29, 0.717) is 17.0 Å². The molecule has 35 heavy (non-hydrogen) atoms. The lowest BCUT2D eigenvalue weighted by molar-refractivity contribution is 0.136. The number of nitrogens with zero attached hydrogens (tertiary/aromatic N) is 4. The average Bonchev–Trinajstić information content (AvgIpc) is 2.86. The first-order valence-corrected chi connectivity index (χ1v) is 11.8. The van der Waals surface area contributed by atoms with Crippen LogP contribution in [0.4, 0.5) is 5.82 Å². The van der Waals surface area contributed by atoms with Crippen molar-refractivity contribution in [2.24, 2.45) is 0 Å². The standard InChI is InChI=1S/C24H23N5O4S.H2O/c1-16-14-27-23(24(28-16)33-3)29-34(30,31)20-7-5-13-26-21(20)17-8-10-18(11-9-17)22(32-2)19-6-4-12-25-15-19;/h4-15,22H,1-3H3,(H,27,29);1H2. The fraction of sp³-hybridized carbons (Fsp3) is 0.167. The first kappa shape index (κ1) is 25.7. The molecular formula is C24H25N5O5S. The van der Waals surface area contributed by atoms with Crippen LogP contribution in [-0.2, 0) is 14.8 Å². The van der Waals surface area contributed by atoms with Gasteiger partial charge in [0.15, 0.2) is 0 Å². The molecule has 0 spiro atoms. The summed E-state index contributed by atoms with van der Waals surface area (Å²) in [5, 5.41) is 0. The molecule has 4 aromatic rings. The van der Waals surface area contributed by atoms with Gasteiger partial charge in [0, 0.05) is 36.8 Å². The predicted octanol–water partition coefficient (Wildman–Crippen LogP) is 2.96. The highest BCUT2D eigenvalue weighted by Gasteiger charge is 2.23. The van der Waals surface area contributed by atoms with Gasteiger partial charge in [0.05, 0.1) is 24.7 Å². The molecule has 182 valence electrons. The number of hydrogen-bond donors (Lipinski definition) is 1. The van der Waals surface area contributed by atoms with E-state index in [4.69, 9.17) is 9.47 Å². The topological polar surface area (TPSA) is 148 Å². The van der Waals surface area contributed by atoms with E-state index in [9.17, 15) is 8.42 Å². The van der Waals surface area contributed by atoms with Crippen molar-refractivity contribution >= 4 is 15.8 Å². The van der Waals surface area contributed by atoms with Crippen LogP contribution in [0.1, 0.15) is 22.9 Å². The van der Waals surface area contributed by atoms with Crippen molar-refractivity contribution in [1.82, 2.24) is 19.9 Å².